The molecule has 21 heavy (non-hydrogen) atoms. The monoisotopic (exact) mass is 327 g/mol. The summed E-state index contributed by atoms with van der Waals surface area (Å²) in [6.07, 6.45) is 0. The molecule has 3 rings (SSSR count). The molecule has 0 unspecified atom stereocenters. The Balaban J connectivity index is 0.00000161. The summed E-state index contributed by atoms with van der Waals surface area (Å²) < 4.78 is 13.0. The van der Waals surface area contributed by atoms with E-state index in [1.165, 1.54) is 12.1 Å². The largest absolute Gasteiger partial charge is 0.343 e. The van der Waals surface area contributed by atoms with E-state index in [1.54, 1.807) is 23.5 Å². The van der Waals surface area contributed by atoms with E-state index in [2.05, 4.69) is 23.8 Å². The number of piperazine rings is 1. The summed E-state index contributed by atoms with van der Waals surface area (Å²) in [4.78, 5) is 9.41. The van der Waals surface area contributed by atoms with E-state index >= 15 is 0 Å². The first-order chi connectivity index (χ1) is 9.63. The highest BCUT2D eigenvalue weighted by Crippen LogP contribution is 2.29. The number of aromatic nitrogens is 1. The first kappa shape index (κ1) is 16.2. The van der Waals surface area contributed by atoms with Crippen molar-refractivity contribution in [3.63, 3.8) is 0 Å². The SMILES string of the molecule is C[C@H]1CN(C)CCN1c1nc(-c2ccc(F)cc2)cs1.Cl. The van der Waals surface area contributed by atoms with E-state index in [0.717, 1.165) is 36.0 Å². The number of hydrogen-bond donors (Lipinski definition) is 0. The molecule has 3 nitrogen and oxygen atoms in total. The molecule has 6 heteroatoms. The summed E-state index contributed by atoms with van der Waals surface area (Å²) >= 11 is 1.66. The first-order valence-electron chi connectivity index (χ1n) is 6.80. The van der Waals surface area contributed by atoms with E-state index in [1.807, 2.05) is 5.38 Å². The first-order valence-corrected chi connectivity index (χ1v) is 7.68. The van der Waals surface area contributed by atoms with Crippen LogP contribution in [0, 0.1) is 5.82 Å². The van der Waals surface area contributed by atoms with Crippen molar-refractivity contribution in [2.45, 2.75) is 13.0 Å². The van der Waals surface area contributed by atoms with Crippen LogP contribution in [0.15, 0.2) is 29.6 Å². The number of rotatable bonds is 2. The third kappa shape index (κ3) is 3.54. The summed E-state index contributed by atoms with van der Waals surface area (Å²) in [6, 6.07) is 6.99. The molecule has 0 N–H and O–H groups in total. The van der Waals surface area contributed by atoms with E-state index in [0.29, 0.717) is 6.04 Å². The predicted octanol–water partition coefficient (Wildman–Crippen LogP) is 3.51. The highest BCUT2D eigenvalue weighted by atomic mass is 35.5. The highest BCUT2D eigenvalue weighted by molar-refractivity contribution is 7.14. The Hall–Kier alpha value is -1.17. The standard InChI is InChI=1S/C15H18FN3S.ClH/c1-11-9-18(2)7-8-19(11)15-17-14(10-20-15)12-3-5-13(16)6-4-12;/h3-6,10-11H,7-9H2,1-2H3;1H/t11-;/m0./s1. The van der Waals surface area contributed by atoms with Gasteiger partial charge in [-0.3, -0.25) is 0 Å². The van der Waals surface area contributed by atoms with E-state index in [9.17, 15) is 4.39 Å². The van der Waals surface area contributed by atoms with Crippen LogP contribution in [-0.4, -0.2) is 42.6 Å². The molecule has 1 aromatic carbocycles. The molecule has 0 amide bonds. The van der Waals surface area contributed by atoms with Crippen LogP contribution in [0.3, 0.4) is 0 Å². The maximum Gasteiger partial charge on any atom is 0.186 e. The maximum absolute atomic E-state index is 13.0. The van der Waals surface area contributed by atoms with Gasteiger partial charge >= 0.3 is 0 Å². The summed E-state index contributed by atoms with van der Waals surface area (Å²) in [7, 11) is 2.15. The van der Waals surface area contributed by atoms with Gasteiger partial charge in [-0.2, -0.15) is 0 Å². The van der Waals surface area contributed by atoms with Crippen LogP contribution in [0.25, 0.3) is 11.3 Å². The molecule has 0 spiro atoms. The number of halogens is 2. The minimum atomic E-state index is -0.211. The van der Waals surface area contributed by atoms with Crippen molar-refractivity contribution < 1.29 is 4.39 Å². The van der Waals surface area contributed by atoms with Gasteiger partial charge in [-0.25, -0.2) is 9.37 Å². The Morgan fingerprint density at radius 2 is 1.95 bits per heavy atom. The number of anilines is 1. The number of likely N-dealkylation sites (N-methyl/N-ethyl adjacent to an activating group) is 1. The Morgan fingerprint density at radius 1 is 1.24 bits per heavy atom. The second-order valence-electron chi connectivity index (χ2n) is 5.33. The van der Waals surface area contributed by atoms with Gasteiger partial charge in [-0.15, -0.1) is 23.7 Å². The van der Waals surface area contributed by atoms with Crippen molar-refractivity contribution in [1.82, 2.24) is 9.88 Å². The number of nitrogens with zero attached hydrogens (tertiary/aromatic N) is 3. The van der Waals surface area contributed by atoms with Gasteiger partial charge in [0.1, 0.15) is 5.82 Å². The second-order valence-corrected chi connectivity index (χ2v) is 6.16. The average molecular weight is 328 g/mol. The van der Waals surface area contributed by atoms with Gasteiger partial charge in [0.15, 0.2) is 5.13 Å². The molecule has 1 aliphatic rings. The lowest BCUT2D eigenvalue weighted by molar-refractivity contribution is 0.275. The summed E-state index contributed by atoms with van der Waals surface area (Å²) in [5.74, 6) is -0.211. The number of hydrogen-bond acceptors (Lipinski definition) is 4. The van der Waals surface area contributed by atoms with Crippen molar-refractivity contribution in [2.75, 3.05) is 31.6 Å². The van der Waals surface area contributed by atoms with Crippen LogP contribution < -0.4 is 4.90 Å². The molecule has 2 heterocycles. The molecule has 1 aromatic heterocycles. The fourth-order valence-electron chi connectivity index (χ4n) is 2.57. The van der Waals surface area contributed by atoms with Crippen molar-refractivity contribution in [2.24, 2.45) is 0 Å². The lowest BCUT2D eigenvalue weighted by atomic mass is 10.2. The molecule has 1 saturated heterocycles. The topological polar surface area (TPSA) is 19.4 Å². The van der Waals surface area contributed by atoms with Crippen molar-refractivity contribution in [3.05, 3.63) is 35.5 Å². The summed E-state index contributed by atoms with van der Waals surface area (Å²) in [6.45, 7) is 5.37. The minimum Gasteiger partial charge on any atom is -0.343 e. The van der Waals surface area contributed by atoms with Crippen LogP contribution >= 0.6 is 23.7 Å². The third-order valence-electron chi connectivity index (χ3n) is 3.71. The van der Waals surface area contributed by atoms with Gasteiger partial charge in [0.25, 0.3) is 0 Å². The van der Waals surface area contributed by atoms with E-state index in [-0.39, 0.29) is 18.2 Å². The van der Waals surface area contributed by atoms with Gasteiger partial charge < -0.3 is 9.80 Å². The molecule has 114 valence electrons. The lowest BCUT2D eigenvalue weighted by Gasteiger charge is -2.38. The van der Waals surface area contributed by atoms with Gasteiger partial charge in [0.2, 0.25) is 0 Å². The van der Waals surface area contributed by atoms with Crippen molar-refractivity contribution in [1.29, 1.82) is 0 Å². The molecule has 0 bridgehead atoms. The fourth-order valence-corrected chi connectivity index (χ4v) is 3.54. The predicted molar refractivity (Wildman–Crippen MR) is 89.1 cm³/mol. The van der Waals surface area contributed by atoms with Crippen molar-refractivity contribution >= 4 is 28.9 Å². The molecule has 0 radical (unpaired) electrons. The molecule has 0 aliphatic carbocycles. The summed E-state index contributed by atoms with van der Waals surface area (Å²) in [5, 5.41) is 3.11. The molecule has 1 fully saturated rings. The van der Waals surface area contributed by atoms with Crippen LogP contribution in [0.4, 0.5) is 9.52 Å². The zero-order valence-electron chi connectivity index (χ0n) is 12.1. The zero-order valence-corrected chi connectivity index (χ0v) is 13.8. The third-order valence-corrected chi connectivity index (χ3v) is 4.59. The average Bonchev–Trinajstić information content (AvgIpc) is 2.89. The van der Waals surface area contributed by atoms with Gasteiger partial charge in [0, 0.05) is 36.6 Å². The Kier molecular flexibility index (Phi) is 5.19. The van der Waals surface area contributed by atoms with Crippen molar-refractivity contribution in [3.8, 4) is 11.3 Å². The van der Waals surface area contributed by atoms with Crippen LogP contribution in [-0.2, 0) is 0 Å². The van der Waals surface area contributed by atoms with Gasteiger partial charge in [-0.05, 0) is 38.2 Å². The normalized spacial score (nSPS) is 19.4. The van der Waals surface area contributed by atoms with Crippen LogP contribution in [0.2, 0.25) is 0 Å². The number of thiazole rings is 1. The smallest absolute Gasteiger partial charge is 0.186 e. The second kappa shape index (κ2) is 6.73. The van der Waals surface area contributed by atoms with Gasteiger partial charge in [-0.1, -0.05) is 0 Å². The quantitative estimate of drug-likeness (QED) is 0.841. The summed E-state index contributed by atoms with van der Waals surface area (Å²) in [5.41, 5.74) is 1.90. The molecule has 1 atom stereocenters. The molecular formula is C15H19ClFN3S. The maximum atomic E-state index is 13.0. The Labute approximate surface area is 134 Å². The van der Waals surface area contributed by atoms with Gasteiger partial charge in [0.05, 0.1) is 5.69 Å². The molecule has 0 saturated carbocycles. The lowest BCUT2D eigenvalue weighted by Crippen LogP contribution is -2.50. The molecule has 1 aliphatic heterocycles. The fraction of sp³-hybridized carbons (Fsp3) is 0.400. The van der Waals surface area contributed by atoms with E-state index < -0.39 is 0 Å². The molecular weight excluding hydrogens is 309 g/mol. The highest BCUT2D eigenvalue weighted by Gasteiger charge is 2.23. The van der Waals surface area contributed by atoms with Crippen LogP contribution in [0.5, 0.6) is 0 Å². The minimum absolute atomic E-state index is 0. The zero-order chi connectivity index (χ0) is 14.1. The Bertz CT molecular complexity index is 587. The number of benzene rings is 1. The molecule has 2 aromatic rings. The van der Waals surface area contributed by atoms with E-state index in [4.69, 9.17) is 4.98 Å². The van der Waals surface area contributed by atoms with Crippen LogP contribution in [0.1, 0.15) is 6.92 Å². The Morgan fingerprint density at radius 3 is 2.62 bits per heavy atom.